The van der Waals surface area contributed by atoms with E-state index in [1.807, 2.05) is 18.2 Å². The lowest BCUT2D eigenvalue weighted by atomic mass is 10.1. The normalized spacial score (nSPS) is 12.0. The van der Waals surface area contributed by atoms with Crippen LogP contribution in [0.4, 0.5) is 0 Å². The minimum Gasteiger partial charge on any atom is -0.489 e. The molecule has 28 heavy (non-hydrogen) atoms. The molecule has 1 atom stereocenters. The van der Waals surface area contributed by atoms with Gasteiger partial charge in [-0.15, -0.1) is 0 Å². The molecular formula is C25H28ClNO. The Hall–Kier alpha value is -2.29. The first kappa shape index (κ1) is 20.4. The molecule has 0 saturated heterocycles. The first-order valence-electron chi connectivity index (χ1n) is 9.84. The Morgan fingerprint density at radius 1 is 0.929 bits per heavy atom. The van der Waals surface area contributed by atoms with Gasteiger partial charge in [-0.1, -0.05) is 71.8 Å². The summed E-state index contributed by atoms with van der Waals surface area (Å²) in [4.78, 5) is 0. The molecule has 0 amide bonds. The fraction of sp³-hybridized carbons (Fsp3) is 0.280. The third kappa shape index (κ3) is 6.40. The Balaban J connectivity index is 1.55. The lowest BCUT2D eigenvalue weighted by Gasteiger charge is -2.17. The fourth-order valence-corrected chi connectivity index (χ4v) is 3.28. The first-order valence-corrected chi connectivity index (χ1v) is 10.2. The number of hydrogen-bond donors (Lipinski definition) is 1. The second-order valence-electron chi connectivity index (χ2n) is 7.33. The van der Waals surface area contributed by atoms with Gasteiger partial charge in [0.1, 0.15) is 12.4 Å². The van der Waals surface area contributed by atoms with E-state index >= 15 is 0 Å². The van der Waals surface area contributed by atoms with Crippen LogP contribution in [0.2, 0.25) is 5.02 Å². The summed E-state index contributed by atoms with van der Waals surface area (Å²) in [7, 11) is 0. The van der Waals surface area contributed by atoms with Gasteiger partial charge in [0.2, 0.25) is 0 Å². The molecule has 0 spiro atoms. The summed E-state index contributed by atoms with van der Waals surface area (Å²) in [6.45, 7) is 5.60. The van der Waals surface area contributed by atoms with Gasteiger partial charge in [0.15, 0.2) is 0 Å². The summed E-state index contributed by atoms with van der Waals surface area (Å²) in [5.41, 5.74) is 4.88. The Morgan fingerprint density at radius 2 is 1.68 bits per heavy atom. The minimum atomic E-state index is 0.407. The first-order chi connectivity index (χ1) is 13.6. The van der Waals surface area contributed by atoms with Crippen LogP contribution in [0.3, 0.4) is 0 Å². The highest BCUT2D eigenvalue weighted by molar-refractivity contribution is 6.30. The van der Waals surface area contributed by atoms with Crippen molar-refractivity contribution in [3.63, 3.8) is 0 Å². The third-order valence-electron chi connectivity index (χ3n) is 4.89. The standard InChI is InChI=1S/C25H28ClNO/c1-19-8-11-22(12-9-19)18-28-25-15-14-24(26)16-23(25)17-27-20(2)10-13-21-6-4-3-5-7-21/h3-9,11-12,14-16,20,27H,10,13,17-18H2,1-2H3. The zero-order valence-corrected chi connectivity index (χ0v) is 17.4. The number of hydrogen-bond acceptors (Lipinski definition) is 2. The maximum Gasteiger partial charge on any atom is 0.124 e. The van der Waals surface area contributed by atoms with E-state index in [1.54, 1.807) is 0 Å². The van der Waals surface area contributed by atoms with Crippen LogP contribution in [0.15, 0.2) is 72.8 Å². The van der Waals surface area contributed by atoms with E-state index < -0.39 is 0 Å². The van der Waals surface area contributed by atoms with Crippen molar-refractivity contribution in [3.8, 4) is 5.75 Å². The fourth-order valence-electron chi connectivity index (χ4n) is 3.09. The van der Waals surface area contributed by atoms with Crippen molar-refractivity contribution in [1.82, 2.24) is 5.32 Å². The summed E-state index contributed by atoms with van der Waals surface area (Å²) >= 11 is 6.22. The number of ether oxygens (including phenoxy) is 1. The van der Waals surface area contributed by atoms with Gasteiger partial charge < -0.3 is 10.1 Å². The predicted molar refractivity (Wildman–Crippen MR) is 118 cm³/mol. The summed E-state index contributed by atoms with van der Waals surface area (Å²) in [5.74, 6) is 0.882. The molecular weight excluding hydrogens is 366 g/mol. The number of benzene rings is 3. The van der Waals surface area contributed by atoms with Gasteiger partial charge in [0.25, 0.3) is 0 Å². The molecule has 1 unspecified atom stereocenters. The van der Waals surface area contributed by atoms with Crippen LogP contribution in [-0.4, -0.2) is 6.04 Å². The van der Waals surface area contributed by atoms with Crippen molar-refractivity contribution in [3.05, 3.63) is 100 Å². The number of rotatable bonds is 9. The Bertz CT molecular complexity index is 861. The van der Waals surface area contributed by atoms with Gasteiger partial charge in [0.05, 0.1) is 0 Å². The van der Waals surface area contributed by atoms with E-state index in [9.17, 15) is 0 Å². The highest BCUT2D eigenvalue weighted by Crippen LogP contribution is 2.24. The molecule has 3 heteroatoms. The monoisotopic (exact) mass is 393 g/mol. The van der Waals surface area contributed by atoms with Crippen LogP contribution in [0.5, 0.6) is 5.75 Å². The van der Waals surface area contributed by atoms with Gasteiger partial charge in [-0.05, 0) is 56.0 Å². The molecule has 0 radical (unpaired) electrons. The van der Waals surface area contributed by atoms with Crippen LogP contribution >= 0.6 is 11.6 Å². The van der Waals surface area contributed by atoms with Crippen LogP contribution < -0.4 is 10.1 Å². The Morgan fingerprint density at radius 3 is 2.43 bits per heavy atom. The van der Waals surface area contributed by atoms with E-state index in [-0.39, 0.29) is 0 Å². The average Bonchev–Trinajstić information content (AvgIpc) is 2.72. The quantitative estimate of drug-likeness (QED) is 0.458. The summed E-state index contributed by atoms with van der Waals surface area (Å²) in [6.07, 6.45) is 2.16. The largest absolute Gasteiger partial charge is 0.489 e. The number of nitrogens with one attached hydrogen (secondary N) is 1. The molecule has 3 aromatic carbocycles. The van der Waals surface area contributed by atoms with Crippen LogP contribution in [-0.2, 0) is 19.6 Å². The molecule has 0 aliphatic heterocycles. The second kappa shape index (κ2) is 10.3. The molecule has 0 aliphatic rings. The Kier molecular flexibility index (Phi) is 7.53. The van der Waals surface area contributed by atoms with E-state index in [1.165, 1.54) is 11.1 Å². The highest BCUT2D eigenvalue weighted by atomic mass is 35.5. The molecule has 0 aromatic heterocycles. The summed E-state index contributed by atoms with van der Waals surface area (Å²) in [6, 6.07) is 25.3. The smallest absolute Gasteiger partial charge is 0.124 e. The van der Waals surface area contributed by atoms with Crippen molar-refractivity contribution >= 4 is 11.6 Å². The van der Waals surface area contributed by atoms with Gasteiger partial charge >= 0.3 is 0 Å². The predicted octanol–water partition coefficient (Wildman–Crippen LogP) is 6.34. The number of halogens is 1. The summed E-state index contributed by atoms with van der Waals surface area (Å²) in [5, 5.41) is 4.34. The maximum absolute atomic E-state index is 6.22. The van der Waals surface area contributed by atoms with Crippen molar-refractivity contribution in [2.75, 3.05) is 0 Å². The van der Waals surface area contributed by atoms with E-state index in [0.717, 1.165) is 41.3 Å². The van der Waals surface area contributed by atoms with Crippen molar-refractivity contribution in [1.29, 1.82) is 0 Å². The lowest BCUT2D eigenvalue weighted by molar-refractivity contribution is 0.301. The molecule has 0 bridgehead atoms. The van der Waals surface area contributed by atoms with Gasteiger partial charge in [0, 0.05) is 23.2 Å². The topological polar surface area (TPSA) is 21.3 Å². The molecule has 0 fully saturated rings. The Labute approximate surface area is 173 Å². The van der Waals surface area contributed by atoms with Crippen molar-refractivity contribution < 1.29 is 4.74 Å². The van der Waals surface area contributed by atoms with Crippen LogP contribution in [0, 0.1) is 6.92 Å². The molecule has 2 nitrogen and oxygen atoms in total. The molecule has 0 saturated carbocycles. The SMILES string of the molecule is Cc1ccc(COc2ccc(Cl)cc2CNC(C)CCc2ccccc2)cc1. The van der Waals surface area contributed by atoms with E-state index in [2.05, 4.69) is 73.8 Å². The maximum atomic E-state index is 6.22. The average molecular weight is 394 g/mol. The van der Waals surface area contributed by atoms with Crippen molar-refractivity contribution in [2.45, 2.75) is 45.9 Å². The van der Waals surface area contributed by atoms with Gasteiger partial charge in [-0.2, -0.15) is 0 Å². The molecule has 146 valence electrons. The van der Waals surface area contributed by atoms with E-state index in [0.29, 0.717) is 12.6 Å². The molecule has 3 rings (SSSR count). The number of aryl methyl sites for hydroxylation is 2. The molecule has 1 N–H and O–H groups in total. The molecule has 0 aliphatic carbocycles. The van der Waals surface area contributed by atoms with Gasteiger partial charge in [-0.25, -0.2) is 0 Å². The van der Waals surface area contributed by atoms with Gasteiger partial charge in [-0.3, -0.25) is 0 Å². The van der Waals surface area contributed by atoms with Crippen molar-refractivity contribution in [2.24, 2.45) is 0 Å². The molecule has 0 heterocycles. The highest BCUT2D eigenvalue weighted by Gasteiger charge is 2.08. The third-order valence-corrected chi connectivity index (χ3v) is 5.12. The van der Waals surface area contributed by atoms with E-state index in [4.69, 9.17) is 16.3 Å². The zero-order valence-electron chi connectivity index (χ0n) is 16.6. The minimum absolute atomic E-state index is 0.407. The lowest BCUT2D eigenvalue weighted by Crippen LogP contribution is -2.26. The van der Waals surface area contributed by atoms with Crippen LogP contribution in [0.1, 0.15) is 35.6 Å². The zero-order chi connectivity index (χ0) is 19.8. The second-order valence-corrected chi connectivity index (χ2v) is 7.77. The molecule has 3 aromatic rings. The van der Waals surface area contributed by atoms with Crippen LogP contribution in [0.25, 0.3) is 0 Å². The summed E-state index contributed by atoms with van der Waals surface area (Å²) < 4.78 is 6.08.